The van der Waals surface area contributed by atoms with Crippen LogP contribution < -0.4 is 5.73 Å². The number of hydrogen-bond donors (Lipinski definition) is 1. The van der Waals surface area contributed by atoms with Gasteiger partial charge in [0.15, 0.2) is 5.69 Å². The third-order valence-electron chi connectivity index (χ3n) is 3.03. The van der Waals surface area contributed by atoms with Crippen molar-refractivity contribution in [3.05, 3.63) is 11.9 Å². The van der Waals surface area contributed by atoms with E-state index in [9.17, 15) is 4.79 Å². The zero-order valence-corrected chi connectivity index (χ0v) is 12.0. The first-order valence-electron chi connectivity index (χ1n) is 6.19. The molecule has 1 aromatic heterocycles. The number of hydrogen-bond acceptors (Lipinski definition) is 4. The van der Waals surface area contributed by atoms with Gasteiger partial charge in [-0.15, -0.1) is 0 Å². The maximum absolute atomic E-state index is 12.4. The molecule has 0 saturated carbocycles. The maximum atomic E-state index is 12.4. The van der Waals surface area contributed by atoms with Crippen molar-refractivity contribution in [2.45, 2.75) is 32.1 Å². The van der Waals surface area contributed by atoms with Crippen LogP contribution in [0.4, 0.5) is 5.69 Å². The number of anilines is 1. The average Bonchev–Trinajstić information content (AvgIpc) is 2.68. The Balaban J connectivity index is 2.17. The Kier molecular flexibility index (Phi) is 3.56. The fourth-order valence-electron chi connectivity index (χ4n) is 2.10. The standard InChI is InChI=1S/C12H20N4OS/c1-4-16-7-9(13)10(14-16)11(17)15-5-6-18-12(2,3)8-15/h7H,4-6,8,13H2,1-3H3. The van der Waals surface area contributed by atoms with Gasteiger partial charge in [-0.2, -0.15) is 16.9 Å². The topological polar surface area (TPSA) is 64.2 Å². The summed E-state index contributed by atoms with van der Waals surface area (Å²) >= 11 is 1.90. The number of aryl methyl sites for hydroxylation is 1. The number of carbonyl (C=O) groups is 1. The Labute approximate surface area is 112 Å². The second-order valence-corrected chi connectivity index (χ2v) is 6.93. The molecule has 1 amide bonds. The molecule has 0 atom stereocenters. The van der Waals surface area contributed by atoms with E-state index in [0.717, 1.165) is 25.4 Å². The smallest absolute Gasteiger partial charge is 0.276 e. The Hall–Kier alpha value is -1.17. The summed E-state index contributed by atoms with van der Waals surface area (Å²) in [5.74, 6) is 0.917. The maximum Gasteiger partial charge on any atom is 0.276 e. The molecular formula is C12H20N4OS. The van der Waals surface area contributed by atoms with Crippen molar-refractivity contribution in [3.63, 3.8) is 0 Å². The third-order valence-corrected chi connectivity index (χ3v) is 4.33. The summed E-state index contributed by atoms with van der Waals surface area (Å²) in [6.07, 6.45) is 1.72. The molecule has 1 aliphatic rings. The lowest BCUT2D eigenvalue weighted by molar-refractivity contribution is 0.0742. The lowest BCUT2D eigenvalue weighted by atomic mass is 10.1. The lowest BCUT2D eigenvalue weighted by Crippen LogP contribution is -2.46. The van der Waals surface area contributed by atoms with Crippen LogP contribution in [0.15, 0.2) is 6.20 Å². The molecule has 0 bridgehead atoms. The summed E-state index contributed by atoms with van der Waals surface area (Å²) < 4.78 is 1.81. The number of rotatable bonds is 2. The molecule has 0 aromatic carbocycles. The summed E-state index contributed by atoms with van der Waals surface area (Å²) in [6.45, 7) is 8.52. The molecule has 2 rings (SSSR count). The van der Waals surface area contributed by atoms with Gasteiger partial charge in [0.1, 0.15) is 0 Å². The predicted molar refractivity (Wildman–Crippen MR) is 74.8 cm³/mol. The highest BCUT2D eigenvalue weighted by atomic mass is 32.2. The van der Waals surface area contributed by atoms with E-state index in [-0.39, 0.29) is 10.7 Å². The van der Waals surface area contributed by atoms with E-state index < -0.39 is 0 Å². The van der Waals surface area contributed by atoms with E-state index in [0.29, 0.717) is 11.4 Å². The summed E-state index contributed by atoms with van der Waals surface area (Å²) in [5, 5.41) is 4.24. The first-order valence-corrected chi connectivity index (χ1v) is 7.17. The number of nitrogens with zero attached hydrogens (tertiary/aromatic N) is 3. The molecule has 1 fully saturated rings. The first kappa shape index (κ1) is 13.3. The van der Waals surface area contributed by atoms with Crippen LogP contribution in [0.1, 0.15) is 31.3 Å². The van der Waals surface area contributed by atoms with E-state index in [1.807, 2.05) is 23.6 Å². The molecule has 100 valence electrons. The summed E-state index contributed by atoms with van der Waals surface area (Å²) in [6, 6.07) is 0. The fraction of sp³-hybridized carbons (Fsp3) is 0.667. The van der Waals surface area contributed by atoms with Gasteiger partial charge in [0.05, 0.1) is 5.69 Å². The predicted octanol–water partition coefficient (Wildman–Crippen LogP) is 1.45. The van der Waals surface area contributed by atoms with Gasteiger partial charge in [0.25, 0.3) is 5.91 Å². The van der Waals surface area contributed by atoms with Crippen LogP contribution in [0.2, 0.25) is 0 Å². The molecule has 0 unspecified atom stereocenters. The van der Waals surface area contributed by atoms with Crippen molar-refractivity contribution in [1.82, 2.24) is 14.7 Å². The van der Waals surface area contributed by atoms with Crippen molar-refractivity contribution in [2.24, 2.45) is 0 Å². The van der Waals surface area contributed by atoms with Crippen LogP contribution in [0.5, 0.6) is 0 Å². The van der Waals surface area contributed by atoms with Gasteiger partial charge in [0, 0.05) is 36.3 Å². The van der Waals surface area contributed by atoms with Crippen LogP contribution in [-0.4, -0.2) is 44.2 Å². The summed E-state index contributed by atoms with van der Waals surface area (Å²) in [4.78, 5) is 14.3. The number of nitrogen functional groups attached to an aromatic ring is 1. The number of amides is 1. The highest BCUT2D eigenvalue weighted by molar-refractivity contribution is 8.00. The Morgan fingerprint density at radius 1 is 1.61 bits per heavy atom. The van der Waals surface area contributed by atoms with Gasteiger partial charge in [0.2, 0.25) is 0 Å². The van der Waals surface area contributed by atoms with E-state index in [1.54, 1.807) is 10.9 Å². The van der Waals surface area contributed by atoms with Gasteiger partial charge in [-0.3, -0.25) is 9.48 Å². The van der Waals surface area contributed by atoms with E-state index in [1.165, 1.54) is 0 Å². The summed E-state index contributed by atoms with van der Waals surface area (Å²) in [7, 11) is 0. The number of nitrogens with two attached hydrogens (primary N) is 1. The van der Waals surface area contributed by atoms with Gasteiger partial charge in [-0.25, -0.2) is 0 Å². The molecule has 5 nitrogen and oxygen atoms in total. The Morgan fingerprint density at radius 3 is 2.89 bits per heavy atom. The minimum absolute atomic E-state index is 0.0481. The van der Waals surface area contributed by atoms with E-state index in [4.69, 9.17) is 5.73 Å². The largest absolute Gasteiger partial charge is 0.396 e. The van der Waals surface area contributed by atoms with Gasteiger partial charge < -0.3 is 10.6 Å². The molecule has 6 heteroatoms. The zero-order chi connectivity index (χ0) is 13.3. The van der Waals surface area contributed by atoms with Crippen molar-refractivity contribution >= 4 is 23.4 Å². The minimum atomic E-state index is -0.0481. The molecule has 2 N–H and O–H groups in total. The SMILES string of the molecule is CCn1cc(N)c(C(=O)N2CCSC(C)(C)C2)n1. The molecule has 1 saturated heterocycles. The quantitative estimate of drug-likeness (QED) is 0.882. The third kappa shape index (κ3) is 2.63. The van der Waals surface area contributed by atoms with E-state index in [2.05, 4.69) is 18.9 Å². The van der Waals surface area contributed by atoms with Crippen LogP contribution >= 0.6 is 11.8 Å². The van der Waals surface area contributed by atoms with Crippen LogP contribution in [-0.2, 0) is 6.54 Å². The van der Waals surface area contributed by atoms with Crippen molar-refractivity contribution < 1.29 is 4.79 Å². The number of carbonyl (C=O) groups excluding carboxylic acids is 1. The van der Waals surface area contributed by atoms with Gasteiger partial charge in [-0.05, 0) is 20.8 Å². The van der Waals surface area contributed by atoms with Crippen LogP contribution in [0, 0.1) is 0 Å². The highest BCUT2D eigenvalue weighted by Crippen LogP contribution is 2.30. The summed E-state index contributed by atoms with van der Waals surface area (Å²) in [5.41, 5.74) is 6.71. The van der Waals surface area contributed by atoms with Crippen molar-refractivity contribution in [1.29, 1.82) is 0 Å². The molecule has 0 spiro atoms. The molecule has 2 heterocycles. The second kappa shape index (κ2) is 4.84. The molecule has 0 radical (unpaired) electrons. The van der Waals surface area contributed by atoms with Gasteiger partial charge in [-0.1, -0.05) is 0 Å². The zero-order valence-electron chi connectivity index (χ0n) is 11.1. The Bertz CT molecular complexity index is 455. The number of thioether (sulfide) groups is 1. The fourth-order valence-corrected chi connectivity index (χ4v) is 3.22. The van der Waals surface area contributed by atoms with Crippen LogP contribution in [0.25, 0.3) is 0 Å². The van der Waals surface area contributed by atoms with Crippen molar-refractivity contribution in [3.8, 4) is 0 Å². The second-order valence-electron chi connectivity index (χ2n) is 5.12. The monoisotopic (exact) mass is 268 g/mol. The molecule has 1 aliphatic heterocycles. The lowest BCUT2D eigenvalue weighted by Gasteiger charge is -2.37. The minimum Gasteiger partial charge on any atom is -0.396 e. The van der Waals surface area contributed by atoms with Gasteiger partial charge >= 0.3 is 0 Å². The highest BCUT2D eigenvalue weighted by Gasteiger charge is 2.31. The first-order chi connectivity index (χ1) is 8.43. The molecular weight excluding hydrogens is 248 g/mol. The molecule has 18 heavy (non-hydrogen) atoms. The molecule has 1 aromatic rings. The Morgan fingerprint density at radius 2 is 2.33 bits per heavy atom. The van der Waals surface area contributed by atoms with Crippen molar-refractivity contribution in [2.75, 3.05) is 24.6 Å². The number of aromatic nitrogens is 2. The normalized spacial score (nSPS) is 18.9. The average molecular weight is 268 g/mol. The molecule has 0 aliphatic carbocycles. The van der Waals surface area contributed by atoms with E-state index >= 15 is 0 Å². The van der Waals surface area contributed by atoms with Crippen LogP contribution in [0.3, 0.4) is 0 Å².